The number of carbonyl (C=O) groups is 2. The molecule has 6 nitrogen and oxygen atoms in total. The predicted molar refractivity (Wildman–Crippen MR) is 105 cm³/mol. The Morgan fingerprint density at radius 3 is 2.59 bits per heavy atom. The van der Waals surface area contributed by atoms with Crippen LogP contribution >= 0.6 is 11.6 Å². The highest BCUT2D eigenvalue weighted by Gasteiger charge is 2.34. The molecule has 1 aliphatic heterocycles. The molecule has 1 saturated heterocycles. The second-order valence-electron chi connectivity index (χ2n) is 6.78. The first-order valence-corrected chi connectivity index (χ1v) is 9.72. The number of carbonyl (C=O) groups excluding carboxylic acids is 2. The Balaban J connectivity index is 1.79. The minimum atomic E-state index is -0.116. The molecule has 1 aromatic heterocycles. The van der Waals surface area contributed by atoms with E-state index in [1.54, 1.807) is 4.68 Å². The molecule has 0 N–H and O–H groups in total. The van der Waals surface area contributed by atoms with Crippen LogP contribution in [0.1, 0.15) is 46.7 Å². The molecule has 3 rings (SSSR count). The summed E-state index contributed by atoms with van der Waals surface area (Å²) in [5.41, 5.74) is 2.11. The highest BCUT2D eigenvalue weighted by Crippen LogP contribution is 2.23. The Labute approximate surface area is 164 Å². The van der Waals surface area contributed by atoms with Gasteiger partial charge in [0.05, 0.1) is 11.2 Å². The third-order valence-electron chi connectivity index (χ3n) is 5.17. The molecule has 1 aromatic carbocycles. The van der Waals surface area contributed by atoms with Crippen molar-refractivity contribution in [1.29, 1.82) is 0 Å². The summed E-state index contributed by atoms with van der Waals surface area (Å²) in [5, 5.41) is 4.54. The lowest BCUT2D eigenvalue weighted by molar-refractivity contribution is 0.0372. The van der Waals surface area contributed by atoms with Crippen LogP contribution in [0.5, 0.6) is 0 Å². The largest absolute Gasteiger partial charge is 0.335 e. The van der Waals surface area contributed by atoms with E-state index in [2.05, 4.69) is 5.10 Å². The maximum Gasteiger partial charge on any atom is 0.274 e. The third-order valence-corrected chi connectivity index (χ3v) is 5.45. The van der Waals surface area contributed by atoms with Crippen LogP contribution in [0.2, 0.25) is 5.02 Å². The van der Waals surface area contributed by atoms with Crippen molar-refractivity contribution in [1.82, 2.24) is 19.6 Å². The fourth-order valence-electron chi connectivity index (χ4n) is 3.59. The van der Waals surface area contributed by atoms with E-state index in [0.717, 1.165) is 17.5 Å². The molecule has 2 heterocycles. The number of benzene rings is 1. The number of nitrogens with zero attached hydrogens (tertiary/aromatic N) is 4. The molecule has 0 radical (unpaired) electrons. The van der Waals surface area contributed by atoms with E-state index in [1.807, 2.05) is 54.8 Å². The average molecular weight is 389 g/mol. The first-order valence-electron chi connectivity index (χ1n) is 9.35. The van der Waals surface area contributed by atoms with E-state index in [9.17, 15) is 9.59 Å². The maximum absolute atomic E-state index is 13.1. The molecular formula is C20H25ClN4O2. The van der Waals surface area contributed by atoms with Gasteiger partial charge in [0.2, 0.25) is 0 Å². The summed E-state index contributed by atoms with van der Waals surface area (Å²) in [6, 6.07) is 7.56. The van der Waals surface area contributed by atoms with Crippen molar-refractivity contribution >= 4 is 23.4 Å². The third kappa shape index (κ3) is 3.72. The Morgan fingerprint density at radius 1 is 1.19 bits per heavy atom. The van der Waals surface area contributed by atoms with Crippen molar-refractivity contribution in [2.24, 2.45) is 0 Å². The second kappa shape index (κ2) is 8.13. The highest BCUT2D eigenvalue weighted by molar-refractivity contribution is 6.33. The molecule has 1 aliphatic rings. The molecule has 0 saturated carbocycles. The summed E-state index contributed by atoms with van der Waals surface area (Å²) in [5.74, 6) is -0.0931. The van der Waals surface area contributed by atoms with Crippen molar-refractivity contribution in [2.75, 3.05) is 19.6 Å². The van der Waals surface area contributed by atoms with Crippen molar-refractivity contribution in [3.05, 3.63) is 52.3 Å². The minimum absolute atomic E-state index is 0.0234. The first kappa shape index (κ1) is 19.4. The predicted octanol–water partition coefficient (Wildman–Crippen LogP) is 3.24. The number of piperazine rings is 1. The molecule has 0 bridgehead atoms. The topological polar surface area (TPSA) is 58.4 Å². The van der Waals surface area contributed by atoms with E-state index in [0.29, 0.717) is 36.9 Å². The van der Waals surface area contributed by atoms with Gasteiger partial charge in [0, 0.05) is 37.8 Å². The standard InChI is InChI=1S/C20H25ClN4O2/c1-4-15-13-23(19(26)16-9-7-6-8-14(16)3)10-11-24(15)20(27)18-17(21)12-22-25(18)5-2/h6-9,12,15H,4-5,10-11,13H2,1-3H3. The van der Waals surface area contributed by atoms with Gasteiger partial charge < -0.3 is 9.80 Å². The van der Waals surface area contributed by atoms with E-state index in [1.165, 1.54) is 6.20 Å². The number of amides is 2. The van der Waals surface area contributed by atoms with Crippen LogP contribution in [0, 0.1) is 6.92 Å². The molecule has 0 aliphatic carbocycles. The molecule has 2 amide bonds. The van der Waals surface area contributed by atoms with Crippen LogP contribution in [0.3, 0.4) is 0 Å². The number of rotatable bonds is 4. The van der Waals surface area contributed by atoms with Crippen LogP contribution < -0.4 is 0 Å². The first-order chi connectivity index (χ1) is 13.0. The second-order valence-corrected chi connectivity index (χ2v) is 7.19. The van der Waals surface area contributed by atoms with E-state index in [4.69, 9.17) is 11.6 Å². The van der Waals surface area contributed by atoms with Gasteiger partial charge in [0.15, 0.2) is 0 Å². The van der Waals surface area contributed by atoms with Crippen molar-refractivity contribution < 1.29 is 9.59 Å². The molecule has 2 aromatic rings. The zero-order chi connectivity index (χ0) is 19.6. The molecule has 0 spiro atoms. The monoisotopic (exact) mass is 388 g/mol. The molecule has 1 atom stereocenters. The van der Waals surface area contributed by atoms with Gasteiger partial charge in [-0.25, -0.2) is 0 Å². The lowest BCUT2D eigenvalue weighted by atomic mass is 10.0. The molecular weight excluding hydrogens is 364 g/mol. The highest BCUT2D eigenvalue weighted by atomic mass is 35.5. The molecule has 7 heteroatoms. The maximum atomic E-state index is 13.1. The van der Waals surface area contributed by atoms with Crippen LogP contribution in [0.15, 0.2) is 30.5 Å². The summed E-state index contributed by atoms with van der Waals surface area (Å²) in [7, 11) is 0. The summed E-state index contributed by atoms with van der Waals surface area (Å²) in [6.07, 6.45) is 2.28. The Morgan fingerprint density at radius 2 is 1.93 bits per heavy atom. The zero-order valence-electron chi connectivity index (χ0n) is 16.0. The van der Waals surface area contributed by atoms with Crippen LogP contribution in [-0.4, -0.2) is 57.1 Å². The van der Waals surface area contributed by atoms with E-state index >= 15 is 0 Å². The lowest BCUT2D eigenvalue weighted by Gasteiger charge is -2.41. The average Bonchev–Trinajstić information content (AvgIpc) is 3.07. The number of aromatic nitrogens is 2. The summed E-state index contributed by atoms with van der Waals surface area (Å²) in [6.45, 7) is 8.00. The molecule has 27 heavy (non-hydrogen) atoms. The quantitative estimate of drug-likeness (QED) is 0.807. The summed E-state index contributed by atoms with van der Waals surface area (Å²) in [4.78, 5) is 29.7. The van der Waals surface area contributed by atoms with Crippen LogP contribution in [0.4, 0.5) is 0 Å². The van der Waals surface area contributed by atoms with Crippen molar-refractivity contribution in [3.63, 3.8) is 0 Å². The van der Waals surface area contributed by atoms with Gasteiger partial charge in [-0.05, 0) is 31.9 Å². The number of halogens is 1. The Bertz CT molecular complexity index is 848. The zero-order valence-corrected chi connectivity index (χ0v) is 16.7. The van der Waals surface area contributed by atoms with Gasteiger partial charge in [-0.1, -0.05) is 36.7 Å². The Hall–Kier alpha value is -2.34. The lowest BCUT2D eigenvalue weighted by Crippen LogP contribution is -2.56. The van der Waals surface area contributed by atoms with Gasteiger partial charge in [-0.2, -0.15) is 5.10 Å². The normalized spacial score (nSPS) is 17.3. The smallest absolute Gasteiger partial charge is 0.274 e. The number of aryl methyl sites for hydroxylation is 2. The van der Waals surface area contributed by atoms with Gasteiger partial charge in [-0.15, -0.1) is 0 Å². The Kier molecular flexibility index (Phi) is 5.85. The SMILES string of the molecule is CCC1CN(C(=O)c2ccccc2C)CCN1C(=O)c1c(Cl)cnn1CC. The van der Waals surface area contributed by atoms with E-state index in [-0.39, 0.29) is 17.9 Å². The van der Waals surface area contributed by atoms with Gasteiger partial charge in [-0.3, -0.25) is 14.3 Å². The van der Waals surface area contributed by atoms with Crippen molar-refractivity contribution in [2.45, 2.75) is 39.8 Å². The van der Waals surface area contributed by atoms with Gasteiger partial charge in [0.25, 0.3) is 11.8 Å². The van der Waals surface area contributed by atoms with Gasteiger partial charge in [0.1, 0.15) is 5.69 Å². The molecule has 1 fully saturated rings. The van der Waals surface area contributed by atoms with Crippen LogP contribution in [0.25, 0.3) is 0 Å². The number of hydrogen-bond donors (Lipinski definition) is 0. The summed E-state index contributed by atoms with van der Waals surface area (Å²) >= 11 is 6.21. The van der Waals surface area contributed by atoms with Crippen LogP contribution in [-0.2, 0) is 6.54 Å². The van der Waals surface area contributed by atoms with E-state index < -0.39 is 0 Å². The van der Waals surface area contributed by atoms with Crippen molar-refractivity contribution in [3.8, 4) is 0 Å². The summed E-state index contributed by atoms with van der Waals surface area (Å²) < 4.78 is 1.63. The molecule has 144 valence electrons. The number of hydrogen-bond acceptors (Lipinski definition) is 3. The van der Waals surface area contributed by atoms with Gasteiger partial charge >= 0.3 is 0 Å². The molecule has 1 unspecified atom stereocenters. The fraction of sp³-hybridized carbons (Fsp3) is 0.450. The minimum Gasteiger partial charge on any atom is -0.335 e. The fourth-order valence-corrected chi connectivity index (χ4v) is 3.81.